The van der Waals surface area contributed by atoms with Crippen molar-refractivity contribution in [3.05, 3.63) is 33.8 Å². The molecule has 0 heterocycles. The van der Waals surface area contributed by atoms with Gasteiger partial charge in [0.25, 0.3) is 5.91 Å². The third-order valence-electron chi connectivity index (χ3n) is 2.92. The third kappa shape index (κ3) is 3.39. The Morgan fingerprint density at radius 2 is 1.83 bits per heavy atom. The van der Waals surface area contributed by atoms with Gasteiger partial charge in [-0.1, -0.05) is 37.0 Å². The zero-order chi connectivity index (χ0) is 13.3. The van der Waals surface area contributed by atoms with Crippen molar-refractivity contribution in [2.75, 3.05) is 6.54 Å². The van der Waals surface area contributed by atoms with Crippen molar-refractivity contribution in [1.82, 2.24) is 4.90 Å². The van der Waals surface area contributed by atoms with E-state index in [1.807, 2.05) is 4.90 Å². The molecule has 2 nitrogen and oxygen atoms in total. The van der Waals surface area contributed by atoms with E-state index in [2.05, 4.69) is 13.8 Å². The van der Waals surface area contributed by atoms with E-state index in [0.717, 1.165) is 19.4 Å². The van der Waals surface area contributed by atoms with Crippen LogP contribution in [0.1, 0.15) is 37.0 Å². The molecule has 1 saturated carbocycles. The average Bonchev–Trinajstić information content (AvgIpc) is 3.07. The van der Waals surface area contributed by atoms with Gasteiger partial charge in [-0.3, -0.25) is 4.79 Å². The van der Waals surface area contributed by atoms with E-state index in [9.17, 15) is 4.79 Å². The van der Waals surface area contributed by atoms with Crippen molar-refractivity contribution in [1.29, 1.82) is 0 Å². The molecular weight excluding hydrogens is 269 g/mol. The second-order valence-corrected chi connectivity index (χ2v) is 6.11. The van der Waals surface area contributed by atoms with Gasteiger partial charge in [0.2, 0.25) is 0 Å². The van der Waals surface area contributed by atoms with Crippen molar-refractivity contribution < 1.29 is 4.79 Å². The second-order valence-electron chi connectivity index (χ2n) is 5.24. The third-order valence-corrected chi connectivity index (χ3v) is 3.36. The van der Waals surface area contributed by atoms with E-state index in [-0.39, 0.29) is 5.91 Å². The summed E-state index contributed by atoms with van der Waals surface area (Å²) in [6, 6.07) is 5.42. The van der Waals surface area contributed by atoms with Gasteiger partial charge in [-0.2, -0.15) is 0 Å². The number of benzene rings is 1. The maximum Gasteiger partial charge on any atom is 0.254 e. The van der Waals surface area contributed by atoms with Gasteiger partial charge in [0, 0.05) is 28.2 Å². The largest absolute Gasteiger partial charge is 0.335 e. The Kier molecular flexibility index (Phi) is 4.18. The summed E-state index contributed by atoms with van der Waals surface area (Å²) in [7, 11) is 0. The molecule has 1 amide bonds. The average molecular weight is 286 g/mol. The highest BCUT2D eigenvalue weighted by Gasteiger charge is 2.33. The lowest BCUT2D eigenvalue weighted by molar-refractivity contribution is 0.0722. The van der Waals surface area contributed by atoms with Gasteiger partial charge in [-0.25, -0.2) is 0 Å². The van der Waals surface area contributed by atoms with E-state index in [0.29, 0.717) is 27.6 Å². The first kappa shape index (κ1) is 13.7. The summed E-state index contributed by atoms with van der Waals surface area (Å²) in [6.45, 7) is 5.02. The van der Waals surface area contributed by atoms with Crippen molar-refractivity contribution in [2.24, 2.45) is 5.92 Å². The molecule has 0 atom stereocenters. The minimum Gasteiger partial charge on any atom is -0.335 e. The zero-order valence-electron chi connectivity index (χ0n) is 10.6. The second kappa shape index (κ2) is 5.50. The molecule has 0 bridgehead atoms. The molecule has 0 saturated heterocycles. The molecule has 0 spiro atoms. The molecule has 4 heteroatoms. The lowest BCUT2D eigenvalue weighted by Crippen LogP contribution is -2.36. The highest BCUT2D eigenvalue weighted by Crippen LogP contribution is 2.30. The van der Waals surface area contributed by atoms with Crippen LogP contribution in [0.3, 0.4) is 0 Å². The minimum absolute atomic E-state index is 0.0376. The molecule has 1 fully saturated rings. The summed E-state index contributed by atoms with van der Waals surface area (Å²) < 4.78 is 0. The summed E-state index contributed by atoms with van der Waals surface area (Å²) in [5.41, 5.74) is 0.583. The van der Waals surface area contributed by atoms with Crippen molar-refractivity contribution in [2.45, 2.75) is 32.7 Å². The van der Waals surface area contributed by atoms with Gasteiger partial charge in [0.15, 0.2) is 0 Å². The fraction of sp³-hybridized carbons (Fsp3) is 0.500. The Labute approximate surface area is 118 Å². The Balaban J connectivity index is 2.21. The SMILES string of the molecule is CC(C)CN(C(=O)c1cc(Cl)cc(Cl)c1)C1CC1. The highest BCUT2D eigenvalue weighted by atomic mass is 35.5. The molecule has 1 aromatic carbocycles. The van der Waals surface area contributed by atoms with Crippen LogP contribution < -0.4 is 0 Å². The standard InChI is InChI=1S/C14H17Cl2NO/c1-9(2)8-17(13-3-4-13)14(18)10-5-11(15)7-12(16)6-10/h5-7,9,13H,3-4,8H2,1-2H3. The molecule has 1 aliphatic rings. The Morgan fingerprint density at radius 3 is 2.28 bits per heavy atom. The van der Waals surface area contributed by atoms with Gasteiger partial charge in [-0.15, -0.1) is 0 Å². The molecule has 2 rings (SSSR count). The lowest BCUT2D eigenvalue weighted by atomic mass is 10.1. The maximum absolute atomic E-state index is 12.5. The van der Waals surface area contributed by atoms with E-state index in [1.165, 1.54) is 0 Å². The number of rotatable bonds is 4. The molecule has 0 aromatic heterocycles. The first-order valence-corrected chi connectivity index (χ1v) is 7.00. The fourth-order valence-corrected chi connectivity index (χ4v) is 2.55. The Morgan fingerprint density at radius 1 is 1.28 bits per heavy atom. The number of hydrogen-bond acceptors (Lipinski definition) is 1. The maximum atomic E-state index is 12.5. The molecule has 0 N–H and O–H groups in total. The molecule has 98 valence electrons. The monoisotopic (exact) mass is 285 g/mol. The lowest BCUT2D eigenvalue weighted by Gasteiger charge is -2.24. The predicted molar refractivity (Wildman–Crippen MR) is 75.4 cm³/mol. The van der Waals surface area contributed by atoms with Crippen LogP contribution in [-0.2, 0) is 0 Å². The van der Waals surface area contributed by atoms with Crippen LogP contribution in [0.15, 0.2) is 18.2 Å². The first-order valence-electron chi connectivity index (χ1n) is 6.24. The molecule has 0 aliphatic heterocycles. The summed E-state index contributed by atoms with van der Waals surface area (Å²) in [5, 5.41) is 1.01. The molecule has 1 aromatic rings. The van der Waals surface area contributed by atoms with Gasteiger partial charge in [0.05, 0.1) is 0 Å². The number of nitrogens with zero attached hydrogens (tertiary/aromatic N) is 1. The van der Waals surface area contributed by atoms with Gasteiger partial charge >= 0.3 is 0 Å². The van der Waals surface area contributed by atoms with Crippen LogP contribution in [0.2, 0.25) is 10.0 Å². The number of amides is 1. The zero-order valence-corrected chi connectivity index (χ0v) is 12.1. The summed E-state index contributed by atoms with van der Waals surface area (Å²) in [5.74, 6) is 0.500. The Hall–Kier alpha value is -0.730. The number of halogens is 2. The van der Waals surface area contributed by atoms with Crippen molar-refractivity contribution in [3.8, 4) is 0 Å². The summed E-state index contributed by atoms with van der Waals surface area (Å²) in [4.78, 5) is 14.4. The molecule has 0 unspecified atom stereocenters. The number of carbonyl (C=O) groups excluding carboxylic acids is 1. The highest BCUT2D eigenvalue weighted by molar-refractivity contribution is 6.35. The molecule has 1 aliphatic carbocycles. The number of carbonyl (C=O) groups is 1. The van der Waals surface area contributed by atoms with E-state index in [1.54, 1.807) is 18.2 Å². The van der Waals surface area contributed by atoms with Crippen LogP contribution in [0, 0.1) is 5.92 Å². The normalized spacial score (nSPS) is 14.9. The van der Waals surface area contributed by atoms with Crippen LogP contribution in [-0.4, -0.2) is 23.4 Å². The van der Waals surface area contributed by atoms with Crippen molar-refractivity contribution in [3.63, 3.8) is 0 Å². The molecular formula is C14H17Cl2NO. The fourth-order valence-electron chi connectivity index (χ4n) is 2.02. The van der Waals surface area contributed by atoms with E-state index < -0.39 is 0 Å². The molecule has 18 heavy (non-hydrogen) atoms. The summed E-state index contributed by atoms with van der Waals surface area (Å²) in [6.07, 6.45) is 2.21. The summed E-state index contributed by atoms with van der Waals surface area (Å²) >= 11 is 11.9. The minimum atomic E-state index is 0.0376. The van der Waals surface area contributed by atoms with E-state index >= 15 is 0 Å². The predicted octanol–water partition coefficient (Wildman–Crippen LogP) is 4.25. The smallest absolute Gasteiger partial charge is 0.254 e. The van der Waals surface area contributed by atoms with Crippen LogP contribution in [0.25, 0.3) is 0 Å². The quantitative estimate of drug-likeness (QED) is 0.810. The molecule has 0 radical (unpaired) electrons. The van der Waals surface area contributed by atoms with Gasteiger partial charge < -0.3 is 4.90 Å². The van der Waals surface area contributed by atoms with Crippen LogP contribution in [0.4, 0.5) is 0 Å². The van der Waals surface area contributed by atoms with Gasteiger partial charge in [0.1, 0.15) is 0 Å². The number of hydrogen-bond donors (Lipinski definition) is 0. The Bertz CT molecular complexity index is 435. The topological polar surface area (TPSA) is 20.3 Å². The van der Waals surface area contributed by atoms with Gasteiger partial charge in [-0.05, 0) is 37.0 Å². The van der Waals surface area contributed by atoms with Crippen molar-refractivity contribution >= 4 is 29.1 Å². The van der Waals surface area contributed by atoms with Crippen LogP contribution in [0.5, 0.6) is 0 Å². The first-order chi connectivity index (χ1) is 8.47. The van der Waals surface area contributed by atoms with Crippen LogP contribution >= 0.6 is 23.2 Å². The van der Waals surface area contributed by atoms with E-state index in [4.69, 9.17) is 23.2 Å².